The molecule has 0 fully saturated rings. The first-order valence-corrected chi connectivity index (χ1v) is 7.66. The molecule has 0 spiro atoms. The molecule has 1 aromatic heterocycles. The average Bonchev–Trinajstić information content (AvgIpc) is 2.38. The first-order valence-electron chi connectivity index (χ1n) is 6.18. The van der Waals surface area contributed by atoms with Gasteiger partial charge in [-0.15, -0.1) is 0 Å². The number of nitrogens with two attached hydrogens (primary N) is 1. The molecular weight excluding hydrogens is 274 g/mol. The molecule has 3 N–H and O–H groups in total. The number of aromatic nitrogens is 1. The fraction of sp³-hybridized carbons (Fsp3) is 0.214. The standard InChI is InChI=1S/C14H17N3O2S/c1-10-7-13(15)9-14(8-10)20(18,19)17-11(2)12-3-5-16-6-4-12/h3-9,11,17H,15H2,1-2H3. The van der Waals surface area contributed by atoms with Crippen molar-refractivity contribution in [3.8, 4) is 0 Å². The van der Waals surface area contributed by atoms with Crippen LogP contribution < -0.4 is 10.5 Å². The van der Waals surface area contributed by atoms with Gasteiger partial charge in [0.15, 0.2) is 0 Å². The third-order valence-electron chi connectivity index (χ3n) is 2.92. The van der Waals surface area contributed by atoms with Gasteiger partial charge in [-0.2, -0.15) is 0 Å². The van der Waals surface area contributed by atoms with Gasteiger partial charge in [-0.05, 0) is 55.3 Å². The predicted molar refractivity (Wildman–Crippen MR) is 78.6 cm³/mol. The van der Waals surface area contributed by atoms with E-state index in [9.17, 15) is 8.42 Å². The van der Waals surface area contributed by atoms with Crippen LogP contribution in [-0.2, 0) is 10.0 Å². The van der Waals surface area contributed by atoms with Crippen LogP contribution in [0.5, 0.6) is 0 Å². The number of anilines is 1. The number of nitrogens with one attached hydrogen (secondary N) is 1. The van der Waals surface area contributed by atoms with E-state index in [0.717, 1.165) is 11.1 Å². The number of aryl methyl sites for hydroxylation is 1. The summed E-state index contributed by atoms with van der Waals surface area (Å²) in [6, 6.07) is 7.98. The Morgan fingerprint density at radius 3 is 2.45 bits per heavy atom. The maximum atomic E-state index is 12.3. The van der Waals surface area contributed by atoms with E-state index in [1.165, 1.54) is 6.07 Å². The third-order valence-corrected chi connectivity index (χ3v) is 4.44. The van der Waals surface area contributed by atoms with Gasteiger partial charge in [0.1, 0.15) is 0 Å². The van der Waals surface area contributed by atoms with Crippen molar-refractivity contribution in [3.63, 3.8) is 0 Å². The van der Waals surface area contributed by atoms with Crippen LogP contribution in [-0.4, -0.2) is 13.4 Å². The summed E-state index contributed by atoms with van der Waals surface area (Å²) < 4.78 is 27.3. The van der Waals surface area contributed by atoms with Gasteiger partial charge in [0.2, 0.25) is 10.0 Å². The quantitative estimate of drug-likeness (QED) is 0.844. The predicted octanol–water partition coefficient (Wildman–Crippen LogP) is 2.01. The lowest BCUT2D eigenvalue weighted by atomic mass is 10.1. The van der Waals surface area contributed by atoms with E-state index in [-0.39, 0.29) is 10.9 Å². The molecule has 0 aliphatic rings. The Hall–Kier alpha value is -1.92. The van der Waals surface area contributed by atoms with Crippen molar-refractivity contribution < 1.29 is 8.42 Å². The Kier molecular flexibility index (Phi) is 4.06. The number of hydrogen-bond acceptors (Lipinski definition) is 4. The van der Waals surface area contributed by atoms with Crippen LogP contribution in [0.25, 0.3) is 0 Å². The minimum atomic E-state index is -3.60. The first kappa shape index (κ1) is 14.5. The normalized spacial score (nSPS) is 13.1. The van der Waals surface area contributed by atoms with Crippen LogP contribution in [0.15, 0.2) is 47.6 Å². The van der Waals surface area contributed by atoms with Gasteiger partial charge in [-0.3, -0.25) is 4.98 Å². The number of hydrogen-bond donors (Lipinski definition) is 2. The van der Waals surface area contributed by atoms with Crippen molar-refractivity contribution in [2.45, 2.75) is 24.8 Å². The zero-order valence-electron chi connectivity index (χ0n) is 11.4. The van der Waals surface area contributed by atoms with Crippen molar-refractivity contribution in [2.24, 2.45) is 0 Å². The summed E-state index contributed by atoms with van der Waals surface area (Å²) in [7, 11) is -3.60. The summed E-state index contributed by atoms with van der Waals surface area (Å²) in [6.07, 6.45) is 3.26. The lowest BCUT2D eigenvalue weighted by Crippen LogP contribution is -2.27. The van der Waals surface area contributed by atoms with E-state index >= 15 is 0 Å². The molecule has 2 rings (SSSR count). The molecule has 1 aromatic carbocycles. The van der Waals surface area contributed by atoms with E-state index in [2.05, 4.69) is 9.71 Å². The molecule has 0 aliphatic carbocycles. The van der Waals surface area contributed by atoms with Gasteiger partial charge in [-0.1, -0.05) is 0 Å². The molecule has 0 bridgehead atoms. The highest BCUT2D eigenvalue weighted by atomic mass is 32.2. The number of sulfonamides is 1. The first-order chi connectivity index (χ1) is 9.38. The highest BCUT2D eigenvalue weighted by Crippen LogP contribution is 2.19. The molecule has 1 heterocycles. The molecule has 5 nitrogen and oxygen atoms in total. The fourth-order valence-electron chi connectivity index (χ4n) is 1.95. The van der Waals surface area contributed by atoms with Crippen LogP contribution in [0.4, 0.5) is 5.69 Å². The smallest absolute Gasteiger partial charge is 0.241 e. The molecule has 106 valence electrons. The highest BCUT2D eigenvalue weighted by Gasteiger charge is 2.18. The van der Waals surface area contributed by atoms with Crippen LogP contribution in [0.2, 0.25) is 0 Å². The summed E-state index contributed by atoms with van der Waals surface area (Å²) >= 11 is 0. The van der Waals surface area contributed by atoms with E-state index in [1.54, 1.807) is 43.6 Å². The van der Waals surface area contributed by atoms with Crippen molar-refractivity contribution in [2.75, 3.05) is 5.73 Å². The van der Waals surface area contributed by atoms with Gasteiger partial charge in [-0.25, -0.2) is 13.1 Å². The fourth-order valence-corrected chi connectivity index (χ4v) is 3.32. The van der Waals surface area contributed by atoms with E-state index in [0.29, 0.717) is 5.69 Å². The number of nitrogen functional groups attached to an aromatic ring is 1. The average molecular weight is 291 g/mol. The summed E-state index contributed by atoms with van der Waals surface area (Å²) in [5.41, 5.74) is 7.79. The van der Waals surface area contributed by atoms with Gasteiger partial charge < -0.3 is 5.73 Å². The Balaban J connectivity index is 2.27. The van der Waals surface area contributed by atoms with Crippen molar-refractivity contribution >= 4 is 15.7 Å². The molecule has 6 heteroatoms. The Labute approximate surface area is 118 Å². The monoisotopic (exact) mass is 291 g/mol. The van der Waals surface area contributed by atoms with Crippen LogP contribution in [0, 0.1) is 6.92 Å². The summed E-state index contributed by atoms with van der Waals surface area (Å²) in [5, 5.41) is 0. The molecule has 0 aliphatic heterocycles. The minimum absolute atomic E-state index is 0.177. The SMILES string of the molecule is Cc1cc(N)cc(S(=O)(=O)NC(C)c2ccncc2)c1. The lowest BCUT2D eigenvalue weighted by molar-refractivity contribution is 0.567. The number of nitrogens with zero attached hydrogens (tertiary/aromatic N) is 1. The second kappa shape index (κ2) is 5.60. The highest BCUT2D eigenvalue weighted by molar-refractivity contribution is 7.89. The van der Waals surface area contributed by atoms with E-state index in [4.69, 9.17) is 5.73 Å². The zero-order chi connectivity index (χ0) is 14.8. The van der Waals surface area contributed by atoms with Crippen molar-refractivity contribution in [1.29, 1.82) is 0 Å². The molecule has 0 radical (unpaired) electrons. The minimum Gasteiger partial charge on any atom is -0.399 e. The van der Waals surface area contributed by atoms with Crippen molar-refractivity contribution in [1.82, 2.24) is 9.71 Å². The maximum Gasteiger partial charge on any atom is 0.241 e. The molecular formula is C14H17N3O2S. The maximum absolute atomic E-state index is 12.3. The topological polar surface area (TPSA) is 85.1 Å². The number of rotatable bonds is 4. The largest absolute Gasteiger partial charge is 0.399 e. The Morgan fingerprint density at radius 2 is 1.85 bits per heavy atom. The summed E-state index contributed by atoms with van der Waals surface area (Å²) in [5.74, 6) is 0. The summed E-state index contributed by atoms with van der Waals surface area (Å²) in [6.45, 7) is 3.59. The summed E-state index contributed by atoms with van der Waals surface area (Å²) in [4.78, 5) is 4.09. The van der Waals surface area contributed by atoms with E-state index < -0.39 is 10.0 Å². The van der Waals surface area contributed by atoms with Crippen LogP contribution in [0.3, 0.4) is 0 Å². The number of pyridine rings is 1. The molecule has 2 aromatic rings. The third kappa shape index (κ3) is 3.34. The molecule has 1 atom stereocenters. The molecule has 0 saturated carbocycles. The molecule has 0 amide bonds. The number of benzene rings is 1. The van der Waals surface area contributed by atoms with Gasteiger partial charge >= 0.3 is 0 Å². The molecule has 0 saturated heterocycles. The van der Waals surface area contributed by atoms with Crippen molar-refractivity contribution in [3.05, 3.63) is 53.9 Å². The lowest BCUT2D eigenvalue weighted by Gasteiger charge is -2.15. The van der Waals surface area contributed by atoms with Crippen LogP contribution >= 0.6 is 0 Å². The zero-order valence-corrected chi connectivity index (χ0v) is 12.2. The molecule has 1 unspecified atom stereocenters. The van der Waals surface area contributed by atoms with Crippen LogP contribution in [0.1, 0.15) is 24.1 Å². The van der Waals surface area contributed by atoms with E-state index in [1.807, 2.05) is 6.92 Å². The second-order valence-electron chi connectivity index (χ2n) is 4.70. The second-order valence-corrected chi connectivity index (χ2v) is 6.42. The molecule has 20 heavy (non-hydrogen) atoms. The Morgan fingerprint density at radius 1 is 1.20 bits per heavy atom. The Bertz CT molecular complexity index is 679. The van der Waals surface area contributed by atoms with Gasteiger partial charge in [0.05, 0.1) is 4.90 Å². The van der Waals surface area contributed by atoms with Gasteiger partial charge in [0.25, 0.3) is 0 Å². The van der Waals surface area contributed by atoms with Gasteiger partial charge in [0, 0.05) is 24.1 Å².